The van der Waals surface area contributed by atoms with E-state index in [-0.39, 0.29) is 31.3 Å². The molecule has 0 saturated carbocycles. The Labute approximate surface area is 245 Å². The summed E-state index contributed by atoms with van der Waals surface area (Å²) in [4.78, 5) is 56.6. The zero-order valence-electron chi connectivity index (χ0n) is 24.4. The number of aliphatic carboxylic acids is 1. The van der Waals surface area contributed by atoms with Crippen molar-refractivity contribution in [3.8, 4) is 10.4 Å². The lowest BCUT2D eigenvalue weighted by Gasteiger charge is -2.37. The summed E-state index contributed by atoms with van der Waals surface area (Å²) >= 11 is 1.57. The van der Waals surface area contributed by atoms with Crippen LogP contribution in [0.3, 0.4) is 0 Å². The van der Waals surface area contributed by atoms with E-state index in [1.165, 1.54) is 4.90 Å². The highest BCUT2D eigenvalue weighted by atomic mass is 32.1. The van der Waals surface area contributed by atoms with Gasteiger partial charge in [0, 0.05) is 19.4 Å². The second-order valence-corrected chi connectivity index (χ2v) is 12.7. The molecule has 1 saturated heterocycles. The number of rotatable bonds is 13. The first-order chi connectivity index (χ1) is 19.3. The van der Waals surface area contributed by atoms with Gasteiger partial charge in [-0.1, -0.05) is 51.5 Å². The highest BCUT2D eigenvalue weighted by Crippen LogP contribution is 2.30. The minimum absolute atomic E-state index is 0.0144. The molecule has 0 bridgehead atoms. The smallest absolute Gasteiger partial charge is 0.320 e. The van der Waals surface area contributed by atoms with Crippen LogP contribution in [0.2, 0.25) is 0 Å². The van der Waals surface area contributed by atoms with Crippen LogP contribution >= 0.6 is 11.3 Å². The van der Waals surface area contributed by atoms with Gasteiger partial charge in [-0.25, -0.2) is 4.98 Å². The van der Waals surface area contributed by atoms with Gasteiger partial charge >= 0.3 is 5.97 Å². The summed E-state index contributed by atoms with van der Waals surface area (Å²) in [5, 5.41) is 26.3. The normalized spacial score (nSPS) is 19.4. The number of carbonyl (C=O) groups excluding carboxylic acids is 3. The largest absolute Gasteiger partial charge is 0.480 e. The fraction of sp³-hybridized carbons (Fsp3) is 0.567. The van der Waals surface area contributed by atoms with E-state index >= 15 is 0 Å². The number of nitrogens with zero attached hydrogens (tertiary/aromatic N) is 2. The summed E-state index contributed by atoms with van der Waals surface area (Å²) in [5.41, 5.74) is 4.04. The number of likely N-dealkylation sites (tertiary alicyclic amines) is 1. The molecular formula is C30H42N4O6S. The van der Waals surface area contributed by atoms with Crippen LogP contribution in [0.25, 0.3) is 10.4 Å². The Hall–Kier alpha value is -3.15. The van der Waals surface area contributed by atoms with Crippen molar-refractivity contribution in [2.24, 2.45) is 5.41 Å². The minimum Gasteiger partial charge on any atom is -0.480 e. The van der Waals surface area contributed by atoms with Crippen molar-refractivity contribution in [2.45, 2.75) is 97.0 Å². The lowest BCUT2D eigenvalue weighted by atomic mass is 9.84. The summed E-state index contributed by atoms with van der Waals surface area (Å²) in [7, 11) is 0. The van der Waals surface area contributed by atoms with Gasteiger partial charge in [0.25, 0.3) is 0 Å². The number of carboxylic acids is 1. The number of unbranched alkanes of at least 4 members (excludes halogenated alkanes) is 2. The predicted octanol–water partition coefficient (Wildman–Crippen LogP) is 3.47. The van der Waals surface area contributed by atoms with Gasteiger partial charge in [0.15, 0.2) is 0 Å². The van der Waals surface area contributed by atoms with Gasteiger partial charge < -0.3 is 25.2 Å². The molecular weight excluding hydrogens is 544 g/mol. The number of nitrogens with one attached hydrogen (secondary N) is 2. The molecule has 1 aliphatic heterocycles. The highest BCUT2D eigenvalue weighted by molar-refractivity contribution is 7.13. The van der Waals surface area contributed by atoms with Gasteiger partial charge in [-0.2, -0.15) is 0 Å². The molecule has 4 N–H and O–H groups in total. The van der Waals surface area contributed by atoms with Gasteiger partial charge in [-0.05, 0) is 43.2 Å². The van der Waals surface area contributed by atoms with Crippen molar-refractivity contribution in [3.05, 3.63) is 41.0 Å². The Morgan fingerprint density at radius 2 is 1.88 bits per heavy atom. The topological polar surface area (TPSA) is 149 Å². The molecule has 1 aromatic heterocycles. The van der Waals surface area contributed by atoms with Crippen molar-refractivity contribution in [3.63, 3.8) is 0 Å². The SMILES string of the molecule is Cc1ncsc1-c1ccc([C@H](C)NC(=O)[C@@H]2C[C@@H](O)CN2C(=O)[C@@H](NC(CCCCC=O)C(=O)O)C(C)(C)C)cc1. The molecule has 1 fully saturated rings. The Morgan fingerprint density at radius 1 is 1.20 bits per heavy atom. The fourth-order valence-electron chi connectivity index (χ4n) is 5.11. The zero-order valence-corrected chi connectivity index (χ0v) is 25.2. The van der Waals surface area contributed by atoms with Crippen LogP contribution < -0.4 is 10.6 Å². The van der Waals surface area contributed by atoms with E-state index in [0.717, 1.165) is 28.0 Å². The lowest BCUT2D eigenvalue weighted by molar-refractivity contribution is -0.145. The number of aldehydes is 1. The van der Waals surface area contributed by atoms with Crippen molar-refractivity contribution in [1.82, 2.24) is 20.5 Å². The maximum Gasteiger partial charge on any atom is 0.320 e. The number of aliphatic hydroxyl groups is 1. The first-order valence-electron chi connectivity index (χ1n) is 14.0. The molecule has 0 aliphatic carbocycles. The molecule has 10 nitrogen and oxygen atoms in total. The zero-order chi connectivity index (χ0) is 30.3. The summed E-state index contributed by atoms with van der Waals surface area (Å²) in [6, 6.07) is 4.76. The third kappa shape index (κ3) is 8.43. The maximum atomic E-state index is 13.8. The molecule has 224 valence electrons. The first-order valence-corrected chi connectivity index (χ1v) is 14.9. The van der Waals surface area contributed by atoms with Gasteiger partial charge in [0.1, 0.15) is 18.4 Å². The maximum absolute atomic E-state index is 13.8. The monoisotopic (exact) mass is 586 g/mol. The van der Waals surface area contributed by atoms with Gasteiger partial charge in [0.2, 0.25) is 11.8 Å². The Morgan fingerprint density at radius 3 is 2.44 bits per heavy atom. The number of carbonyl (C=O) groups is 4. The van der Waals surface area contributed by atoms with Crippen LogP contribution in [0.15, 0.2) is 29.8 Å². The summed E-state index contributed by atoms with van der Waals surface area (Å²) in [6.45, 7) is 9.30. The van der Waals surface area contributed by atoms with Crippen LogP contribution in [0, 0.1) is 12.3 Å². The summed E-state index contributed by atoms with van der Waals surface area (Å²) < 4.78 is 0. The number of aliphatic hydroxyl groups excluding tert-OH is 1. The third-order valence-electron chi connectivity index (χ3n) is 7.49. The number of aromatic nitrogens is 1. The first kappa shape index (κ1) is 32.4. The van der Waals surface area contributed by atoms with E-state index in [4.69, 9.17) is 0 Å². The van der Waals surface area contributed by atoms with E-state index in [1.807, 2.05) is 64.4 Å². The molecule has 11 heteroatoms. The Bertz CT molecular complexity index is 1210. The lowest BCUT2D eigenvalue weighted by Crippen LogP contribution is -2.59. The average molecular weight is 587 g/mol. The fourth-order valence-corrected chi connectivity index (χ4v) is 5.93. The number of β-amino-alcohol motifs (C(OH)–C–C–N with tert-alkyl or cyclic N) is 1. The molecule has 41 heavy (non-hydrogen) atoms. The van der Waals surface area contributed by atoms with Gasteiger partial charge in [-0.3, -0.25) is 19.7 Å². The average Bonchev–Trinajstić information content (AvgIpc) is 3.52. The molecule has 5 atom stereocenters. The number of hydrogen-bond donors (Lipinski definition) is 4. The van der Waals surface area contributed by atoms with Crippen LogP contribution in [0.4, 0.5) is 0 Å². The van der Waals surface area contributed by atoms with Crippen LogP contribution in [0.5, 0.6) is 0 Å². The standard InChI is InChI=1S/C30H42N4O6S/c1-18(20-10-12-21(13-11-20)25-19(2)31-17-41-25)32-27(37)24-15-22(36)16-34(24)28(38)26(30(3,4)5)33-23(29(39)40)9-7-6-8-14-35/h10-14,17-18,22-24,26,33,36H,6-9,15-16H2,1-5H3,(H,32,37)(H,39,40)/t18-,22+,23?,24-,26+/m0/s1. The van der Waals surface area contributed by atoms with Crippen molar-refractivity contribution in [1.29, 1.82) is 0 Å². The number of amides is 2. The number of hydrogen-bond acceptors (Lipinski definition) is 8. The van der Waals surface area contributed by atoms with E-state index in [9.17, 15) is 29.4 Å². The van der Waals surface area contributed by atoms with E-state index in [0.29, 0.717) is 19.3 Å². The molecule has 1 aliphatic rings. The predicted molar refractivity (Wildman–Crippen MR) is 157 cm³/mol. The van der Waals surface area contributed by atoms with E-state index in [1.54, 1.807) is 11.3 Å². The number of benzene rings is 1. The molecule has 0 spiro atoms. The summed E-state index contributed by atoms with van der Waals surface area (Å²) in [6.07, 6.45) is 1.72. The quantitative estimate of drug-likeness (QED) is 0.206. The van der Waals surface area contributed by atoms with Crippen LogP contribution in [0.1, 0.15) is 77.1 Å². The minimum atomic E-state index is -1.08. The van der Waals surface area contributed by atoms with Gasteiger partial charge in [-0.15, -0.1) is 11.3 Å². The molecule has 2 heterocycles. The molecule has 1 unspecified atom stereocenters. The van der Waals surface area contributed by atoms with Crippen molar-refractivity contribution in [2.75, 3.05) is 6.54 Å². The van der Waals surface area contributed by atoms with E-state index < -0.39 is 41.5 Å². The highest BCUT2D eigenvalue weighted by Gasteiger charge is 2.45. The number of thiazole rings is 1. The molecule has 1 aromatic carbocycles. The van der Waals surface area contributed by atoms with Crippen molar-refractivity contribution < 1.29 is 29.4 Å². The van der Waals surface area contributed by atoms with Crippen LogP contribution in [-0.4, -0.2) is 74.9 Å². The second kappa shape index (κ2) is 14.2. The molecule has 2 aromatic rings. The second-order valence-electron chi connectivity index (χ2n) is 11.8. The Kier molecular flexibility index (Phi) is 11.2. The Balaban J connectivity index is 1.72. The molecule has 2 amide bonds. The van der Waals surface area contributed by atoms with Crippen LogP contribution in [-0.2, 0) is 19.2 Å². The third-order valence-corrected chi connectivity index (χ3v) is 8.46. The van der Waals surface area contributed by atoms with Gasteiger partial charge in [0.05, 0.1) is 34.3 Å². The van der Waals surface area contributed by atoms with Crippen molar-refractivity contribution >= 4 is 35.4 Å². The molecule has 3 rings (SSSR count). The van der Waals surface area contributed by atoms with E-state index in [2.05, 4.69) is 15.6 Å². The number of aryl methyl sites for hydroxylation is 1. The number of carboxylic acid groups (broad SMARTS) is 1. The summed E-state index contributed by atoms with van der Waals surface area (Å²) in [5.74, 6) is -1.88. The molecule has 0 radical (unpaired) electrons.